The first-order valence-electron chi connectivity index (χ1n) is 4.64. The van der Waals surface area contributed by atoms with Crippen molar-refractivity contribution < 1.29 is 18.3 Å². The van der Waals surface area contributed by atoms with E-state index in [1.165, 1.54) is 12.1 Å². The van der Waals surface area contributed by atoms with Crippen LogP contribution in [0, 0.1) is 0 Å². The van der Waals surface area contributed by atoms with Gasteiger partial charge in [-0.15, -0.1) is 0 Å². The van der Waals surface area contributed by atoms with Gasteiger partial charge in [0.05, 0.1) is 15.7 Å². The van der Waals surface area contributed by atoms with Crippen molar-refractivity contribution >= 4 is 45.1 Å². The van der Waals surface area contributed by atoms with Gasteiger partial charge in [0.1, 0.15) is 6.54 Å². The van der Waals surface area contributed by atoms with Crippen molar-refractivity contribution in [2.75, 3.05) is 18.3 Å². The quantitative estimate of drug-likeness (QED) is 0.865. The molecule has 1 aromatic rings. The van der Waals surface area contributed by atoms with E-state index in [0.717, 1.165) is 7.05 Å². The molecule has 0 saturated carbocycles. The molecule has 1 aromatic carbocycles. The van der Waals surface area contributed by atoms with Gasteiger partial charge in [-0.05, 0) is 12.1 Å². The summed E-state index contributed by atoms with van der Waals surface area (Å²) in [6.07, 6.45) is 0. The Morgan fingerprint density at radius 3 is 2.33 bits per heavy atom. The van der Waals surface area contributed by atoms with Gasteiger partial charge in [0.15, 0.2) is 0 Å². The molecule has 1 rings (SSSR count). The van der Waals surface area contributed by atoms with Crippen molar-refractivity contribution in [2.24, 2.45) is 0 Å². The number of carboxylic acid groups (broad SMARTS) is 1. The summed E-state index contributed by atoms with van der Waals surface area (Å²) >= 11 is 11.6. The monoisotopic (exact) mass is 312 g/mol. The molecule has 18 heavy (non-hydrogen) atoms. The summed E-state index contributed by atoms with van der Waals surface area (Å²) < 4.78 is 26.3. The number of anilines is 1. The Hall–Kier alpha value is -1.02. The summed E-state index contributed by atoms with van der Waals surface area (Å²) in [5.41, 5.74) is 0.0121. The highest BCUT2D eigenvalue weighted by molar-refractivity contribution is 7.90. The van der Waals surface area contributed by atoms with Crippen LogP contribution >= 0.6 is 23.2 Å². The van der Waals surface area contributed by atoms with Crippen LogP contribution in [0.5, 0.6) is 0 Å². The molecule has 0 aromatic heterocycles. The van der Waals surface area contributed by atoms with Crippen LogP contribution in [0.15, 0.2) is 18.2 Å². The average molecular weight is 313 g/mol. The van der Waals surface area contributed by atoms with Crippen LogP contribution in [0.2, 0.25) is 10.0 Å². The molecular formula is C9H10Cl2N2O4S. The molecule has 0 saturated heterocycles. The van der Waals surface area contributed by atoms with E-state index in [-0.39, 0.29) is 15.7 Å². The van der Waals surface area contributed by atoms with Crippen LogP contribution in [0.4, 0.5) is 5.69 Å². The maximum absolute atomic E-state index is 11.8. The van der Waals surface area contributed by atoms with Crippen LogP contribution in [-0.2, 0) is 15.0 Å². The number of aliphatic carboxylic acids is 1. The zero-order chi connectivity index (χ0) is 13.9. The van der Waals surface area contributed by atoms with Gasteiger partial charge in [0.2, 0.25) is 0 Å². The summed E-state index contributed by atoms with van der Waals surface area (Å²) in [6.45, 7) is -0.669. The lowest BCUT2D eigenvalue weighted by Crippen LogP contribution is -2.36. The lowest BCUT2D eigenvalue weighted by Gasteiger charge is -2.17. The zero-order valence-electron chi connectivity index (χ0n) is 9.22. The number of para-hydroxylation sites is 1. The SMILES string of the molecule is CN(CC(=O)O)S(=O)(=O)Nc1c(Cl)cccc1Cl. The number of nitrogens with zero attached hydrogens (tertiary/aromatic N) is 1. The topological polar surface area (TPSA) is 86.7 Å². The third kappa shape index (κ3) is 3.74. The summed E-state index contributed by atoms with van der Waals surface area (Å²) in [5.74, 6) is -1.27. The van der Waals surface area contributed by atoms with Gasteiger partial charge < -0.3 is 5.11 Å². The fraction of sp³-hybridized carbons (Fsp3) is 0.222. The molecule has 2 N–H and O–H groups in total. The molecule has 6 nitrogen and oxygen atoms in total. The number of nitrogens with one attached hydrogen (secondary N) is 1. The normalized spacial score (nSPS) is 11.6. The minimum Gasteiger partial charge on any atom is -0.480 e. The molecule has 9 heteroatoms. The van der Waals surface area contributed by atoms with Crippen molar-refractivity contribution in [3.05, 3.63) is 28.2 Å². The lowest BCUT2D eigenvalue weighted by molar-refractivity contribution is -0.137. The van der Waals surface area contributed by atoms with E-state index in [4.69, 9.17) is 28.3 Å². The number of likely N-dealkylation sites (N-methyl/N-ethyl adjacent to an activating group) is 1. The molecule has 0 aliphatic heterocycles. The van der Waals surface area contributed by atoms with Crippen LogP contribution in [-0.4, -0.2) is 37.4 Å². The first kappa shape index (κ1) is 15.0. The Morgan fingerprint density at radius 2 is 1.89 bits per heavy atom. The van der Waals surface area contributed by atoms with Crippen molar-refractivity contribution in [3.63, 3.8) is 0 Å². The maximum atomic E-state index is 11.8. The van der Waals surface area contributed by atoms with Gasteiger partial charge in [0.25, 0.3) is 0 Å². The first-order chi connectivity index (χ1) is 8.24. The Kier molecular flexibility index (Phi) is 4.80. The third-order valence-electron chi connectivity index (χ3n) is 1.96. The zero-order valence-corrected chi connectivity index (χ0v) is 11.6. The highest BCUT2D eigenvalue weighted by atomic mass is 35.5. The fourth-order valence-corrected chi connectivity index (χ4v) is 2.60. The maximum Gasteiger partial charge on any atom is 0.318 e. The van der Waals surface area contributed by atoms with Crippen molar-refractivity contribution in [1.29, 1.82) is 0 Å². The molecule has 0 spiro atoms. The first-order valence-corrected chi connectivity index (χ1v) is 6.83. The van der Waals surface area contributed by atoms with E-state index in [2.05, 4.69) is 4.72 Å². The van der Waals surface area contributed by atoms with E-state index in [1.807, 2.05) is 0 Å². The van der Waals surface area contributed by atoms with E-state index >= 15 is 0 Å². The van der Waals surface area contributed by atoms with Crippen molar-refractivity contribution in [2.45, 2.75) is 0 Å². The summed E-state index contributed by atoms with van der Waals surface area (Å²) in [4.78, 5) is 10.5. The molecule has 0 bridgehead atoms. The summed E-state index contributed by atoms with van der Waals surface area (Å²) in [7, 11) is -2.89. The highest BCUT2D eigenvalue weighted by Gasteiger charge is 2.22. The number of carbonyl (C=O) groups is 1. The number of benzene rings is 1. The Labute approximate surface area is 114 Å². The summed E-state index contributed by atoms with van der Waals surface area (Å²) in [6, 6.07) is 4.48. The fourth-order valence-electron chi connectivity index (χ4n) is 1.08. The second kappa shape index (κ2) is 5.75. The molecule has 0 unspecified atom stereocenters. The smallest absolute Gasteiger partial charge is 0.318 e. The average Bonchev–Trinajstić information content (AvgIpc) is 2.22. The number of hydrogen-bond acceptors (Lipinski definition) is 3. The predicted molar refractivity (Wildman–Crippen MR) is 69.3 cm³/mol. The largest absolute Gasteiger partial charge is 0.480 e. The number of carboxylic acids is 1. The summed E-state index contributed by atoms with van der Waals surface area (Å²) in [5, 5.41) is 8.78. The van der Waals surface area contributed by atoms with Crippen LogP contribution in [0.1, 0.15) is 0 Å². The van der Waals surface area contributed by atoms with E-state index < -0.39 is 22.7 Å². The van der Waals surface area contributed by atoms with Crippen molar-refractivity contribution in [3.8, 4) is 0 Å². The third-order valence-corrected chi connectivity index (χ3v) is 4.00. The van der Waals surface area contributed by atoms with Gasteiger partial charge >= 0.3 is 16.2 Å². The molecule has 0 heterocycles. The molecule has 0 aliphatic carbocycles. The lowest BCUT2D eigenvalue weighted by atomic mass is 10.3. The molecule has 100 valence electrons. The molecule has 0 atom stereocenters. The molecule has 0 aliphatic rings. The second-order valence-electron chi connectivity index (χ2n) is 3.35. The van der Waals surface area contributed by atoms with Gasteiger partial charge in [0, 0.05) is 7.05 Å². The molecular weight excluding hydrogens is 303 g/mol. The second-order valence-corrected chi connectivity index (χ2v) is 5.95. The van der Waals surface area contributed by atoms with E-state index in [0.29, 0.717) is 4.31 Å². The van der Waals surface area contributed by atoms with Gasteiger partial charge in [-0.3, -0.25) is 9.52 Å². The number of halogens is 2. The van der Waals surface area contributed by atoms with Crippen LogP contribution in [0.3, 0.4) is 0 Å². The minimum atomic E-state index is -4.02. The number of rotatable bonds is 5. The Balaban J connectivity index is 2.99. The standard InChI is InChI=1S/C9H10Cl2N2O4S/c1-13(5-8(14)15)18(16,17)12-9-6(10)3-2-4-7(9)11/h2-4,12H,5H2,1H3,(H,14,15). The van der Waals surface area contributed by atoms with Gasteiger partial charge in [-0.2, -0.15) is 12.7 Å². The van der Waals surface area contributed by atoms with E-state index in [9.17, 15) is 13.2 Å². The minimum absolute atomic E-state index is 0.0121. The predicted octanol–water partition coefficient (Wildman–Crippen LogP) is 1.67. The highest BCUT2D eigenvalue weighted by Crippen LogP contribution is 2.30. The van der Waals surface area contributed by atoms with Gasteiger partial charge in [-0.25, -0.2) is 0 Å². The molecule has 0 radical (unpaired) electrons. The van der Waals surface area contributed by atoms with Crippen molar-refractivity contribution in [1.82, 2.24) is 4.31 Å². The number of hydrogen-bond donors (Lipinski definition) is 2. The Morgan fingerprint density at radius 1 is 1.39 bits per heavy atom. The van der Waals surface area contributed by atoms with Crippen LogP contribution in [0.25, 0.3) is 0 Å². The molecule has 0 amide bonds. The molecule has 0 fully saturated rings. The van der Waals surface area contributed by atoms with Crippen LogP contribution < -0.4 is 4.72 Å². The van der Waals surface area contributed by atoms with Gasteiger partial charge in [-0.1, -0.05) is 29.3 Å². The Bertz CT molecular complexity index is 541. The van der Waals surface area contributed by atoms with E-state index in [1.54, 1.807) is 6.07 Å².